The topological polar surface area (TPSA) is 57.0 Å². The fraction of sp³-hybridized carbons (Fsp3) is 0.700. The molecule has 0 fully saturated rings. The van der Waals surface area contributed by atoms with E-state index >= 15 is 0 Å². The molecule has 0 bridgehead atoms. The number of ether oxygens (including phenoxy) is 1. The van der Waals surface area contributed by atoms with Crippen LogP contribution in [0.3, 0.4) is 0 Å². The Morgan fingerprint density at radius 2 is 2.33 bits per heavy atom. The predicted octanol–water partition coefficient (Wildman–Crippen LogP) is 0.692. The van der Waals surface area contributed by atoms with Gasteiger partial charge in [0, 0.05) is 13.7 Å². The maximum atomic E-state index is 11.3. The lowest BCUT2D eigenvalue weighted by atomic mass is 10.2. The van der Waals surface area contributed by atoms with Crippen molar-refractivity contribution in [2.75, 3.05) is 13.7 Å². The molecule has 15 heavy (non-hydrogen) atoms. The number of carbonyl (C=O) groups is 1. The SMILES string of the molecule is COCC(=O)Cc1ncnn1CC(C)C. The molecule has 1 aromatic heterocycles. The third-order valence-corrected chi connectivity index (χ3v) is 1.89. The average molecular weight is 211 g/mol. The van der Waals surface area contributed by atoms with Crippen molar-refractivity contribution in [3.63, 3.8) is 0 Å². The molecule has 5 nitrogen and oxygen atoms in total. The molecule has 0 unspecified atom stereocenters. The summed E-state index contributed by atoms with van der Waals surface area (Å²) in [5.41, 5.74) is 0. The van der Waals surface area contributed by atoms with E-state index in [4.69, 9.17) is 4.74 Å². The first-order chi connectivity index (χ1) is 7.13. The van der Waals surface area contributed by atoms with Crippen molar-refractivity contribution in [2.24, 2.45) is 5.92 Å². The molecular formula is C10H17N3O2. The Labute approximate surface area is 89.5 Å². The second-order valence-electron chi connectivity index (χ2n) is 3.90. The Bertz CT molecular complexity index is 320. The van der Waals surface area contributed by atoms with Crippen LogP contribution in [0.2, 0.25) is 0 Å². The summed E-state index contributed by atoms with van der Waals surface area (Å²) >= 11 is 0. The van der Waals surface area contributed by atoms with Crippen LogP contribution in [-0.2, 0) is 22.5 Å². The van der Waals surface area contributed by atoms with Crippen LogP contribution in [0.4, 0.5) is 0 Å². The summed E-state index contributed by atoms with van der Waals surface area (Å²) in [6.07, 6.45) is 1.78. The van der Waals surface area contributed by atoms with Gasteiger partial charge in [-0.05, 0) is 5.92 Å². The summed E-state index contributed by atoms with van der Waals surface area (Å²) in [5, 5.41) is 4.08. The zero-order valence-electron chi connectivity index (χ0n) is 9.43. The second-order valence-corrected chi connectivity index (χ2v) is 3.90. The highest BCUT2D eigenvalue weighted by atomic mass is 16.5. The first-order valence-electron chi connectivity index (χ1n) is 5.00. The van der Waals surface area contributed by atoms with E-state index in [1.165, 1.54) is 13.4 Å². The van der Waals surface area contributed by atoms with Crippen molar-refractivity contribution in [3.8, 4) is 0 Å². The van der Waals surface area contributed by atoms with Gasteiger partial charge in [0.2, 0.25) is 0 Å². The van der Waals surface area contributed by atoms with Gasteiger partial charge in [-0.15, -0.1) is 0 Å². The zero-order chi connectivity index (χ0) is 11.3. The molecule has 0 aromatic carbocycles. The Morgan fingerprint density at radius 3 is 2.93 bits per heavy atom. The predicted molar refractivity (Wildman–Crippen MR) is 55.4 cm³/mol. The highest BCUT2D eigenvalue weighted by Crippen LogP contribution is 2.02. The largest absolute Gasteiger partial charge is 0.377 e. The van der Waals surface area contributed by atoms with Crippen molar-refractivity contribution in [1.82, 2.24) is 14.8 Å². The van der Waals surface area contributed by atoms with Crippen molar-refractivity contribution < 1.29 is 9.53 Å². The molecule has 0 spiro atoms. The van der Waals surface area contributed by atoms with Crippen molar-refractivity contribution in [1.29, 1.82) is 0 Å². The average Bonchev–Trinajstić information content (AvgIpc) is 2.52. The van der Waals surface area contributed by atoms with E-state index in [0.717, 1.165) is 6.54 Å². The molecule has 0 amide bonds. The third-order valence-electron chi connectivity index (χ3n) is 1.89. The van der Waals surface area contributed by atoms with Crippen LogP contribution in [0.15, 0.2) is 6.33 Å². The van der Waals surface area contributed by atoms with Crippen LogP contribution in [-0.4, -0.2) is 34.3 Å². The molecule has 84 valence electrons. The minimum absolute atomic E-state index is 0.0236. The van der Waals surface area contributed by atoms with E-state index < -0.39 is 0 Å². The van der Waals surface area contributed by atoms with Gasteiger partial charge in [0.05, 0.1) is 6.42 Å². The third kappa shape index (κ3) is 3.79. The van der Waals surface area contributed by atoms with E-state index in [1.54, 1.807) is 4.68 Å². The van der Waals surface area contributed by atoms with Gasteiger partial charge in [-0.2, -0.15) is 5.10 Å². The molecule has 1 aromatic rings. The zero-order valence-corrected chi connectivity index (χ0v) is 9.43. The van der Waals surface area contributed by atoms with Gasteiger partial charge >= 0.3 is 0 Å². The van der Waals surface area contributed by atoms with Crippen LogP contribution in [0, 0.1) is 5.92 Å². The number of rotatable bonds is 6. The van der Waals surface area contributed by atoms with E-state index in [1.807, 2.05) is 0 Å². The lowest BCUT2D eigenvalue weighted by Crippen LogP contribution is -2.16. The molecule has 5 heteroatoms. The molecule has 1 heterocycles. The van der Waals surface area contributed by atoms with Crippen molar-refractivity contribution in [3.05, 3.63) is 12.2 Å². The van der Waals surface area contributed by atoms with Gasteiger partial charge < -0.3 is 4.74 Å². The lowest BCUT2D eigenvalue weighted by Gasteiger charge is -2.07. The van der Waals surface area contributed by atoms with Gasteiger partial charge in [0.25, 0.3) is 0 Å². The van der Waals surface area contributed by atoms with Crippen molar-refractivity contribution >= 4 is 5.78 Å². The molecule has 0 aliphatic carbocycles. The van der Waals surface area contributed by atoms with Gasteiger partial charge in [0.1, 0.15) is 18.8 Å². The number of Topliss-reactive ketones (excluding diaryl/α,β-unsaturated/α-hetero) is 1. The van der Waals surface area contributed by atoms with E-state index in [9.17, 15) is 4.79 Å². The lowest BCUT2D eigenvalue weighted by molar-refractivity contribution is -0.122. The molecule has 0 saturated heterocycles. The van der Waals surface area contributed by atoms with Crippen LogP contribution >= 0.6 is 0 Å². The Morgan fingerprint density at radius 1 is 1.60 bits per heavy atom. The quantitative estimate of drug-likeness (QED) is 0.694. The molecular weight excluding hydrogens is 194 g/mol. The number of ketones is 1. The summed E-state index contributed by atoms with van der Waals surface area (Å²) in [7, 11) is 1.51. The Kier molecular flexibility index (Phi) is 4.42. The minimum atomic E-state index is 0.0236. The molecule has 0 aliphatic rings. The van der Waals surface area contributed by atoms with Crippen LogP contribution in [0.1, 0.15) is 19.7 Å². The second kappa shape index (κ2) is 5.60. The first-order valence-corrected chi connectivity index (χ1v) is 5.00. The minimum Gasteiger partial charge on any atom is -0.377 e. The number of hydrogen-bond acceptors (Lipinski definition) is 4. The summed E-state index contributed by atoms with van der Waals surface area (Å²) in [6.45, 7) is 5.12. The Hall–Kier alpha value is -1.23. The van der Waals surface area contributed by atoms with Gasteiger partial charge in [-0.1, -0.05) is 13.8 Å². The smallest absolute Gasteiger partial charge is 0.165 e. The molecule has 0 radical (unpaired) electrons. The fourth-order valence-corrected chi connectivity index (χ4v) is 1.31. The molecule has 1 rings (SSSR count). The highest BCUT2D eigenvalue weighted by molar-refractivity contribution is 5.81. The number of nitrogens with zero attached hydrogens (tertiary/aromatic N) is 3. The number of carbonyl (C=O) groups excluding carboxylic acids is 1. The van der Waals surface area contributed by atoms with E-state index in [2.05, 4.69) is 23.9 Å². The number of hydrogen-bond donors (Lipinski definition) is 0. The maximum absolute atomic E-state index is 11.3. The molecule has 0 saturated carbocycles. The van der Waals surface area contributed by atoms with Crippen LogP contribution < -0.4 is 0 Å². The number of aromatic nitrogens is 3. The first kappa shape index (κ1) is 11.8. The molecule has 0 aliphatic heterocycles. The van der Waals surface area contributed by atoms with Gasteiger partial charge in [-0.3, -0.25) is 4.79 Å². The maximum Gasteiger partial charge on any atom is 0.165 e. The summed E-state index contributed by atoms with van der Waals surface area (Å²) < 4.78 is 6.54. The summed E-state index contributed by atoms with van der Waals surface area (Å²) in [6, 6.07) is 0. The fourth-order valence-electron chi connectivity index (χ4n) is 1.31. The molecule has 0 N–H and O–H groups in total. The number of methoxy groups -OCH3 is 1. The Balaban J connectivity index is 2.60. The van der Waals surface area contributed by atoms with E-state index in [-0.39, 0.29) is 12.4 Å². The van der Waals surface area contributed by atoms with Crippen molar-refractivity contribution in [2.45, 2.75) is 26.8 Å². The van der Waals surface area contributed by atoms with E-state index in [0.29, 0.717) is 18.2 Å². The van der Waals surface area contributed by atoms with Gasteiger partial charge in [0.15, 0.2) is 5.78 Å². The molecule has 0 atom stereocenters. The van der Waals surface area contributed by atoms with Gasteiger partial charge in [-0.25, -0.2) is 9.67 Å². The summed E-state index contributed by atoms with van der Waals surface area (Å²) in [4.78, 5) is 15.4. The van der Waals surface area contributed by atoms with Crippen LogP contribution in [0.5, 0.6) is 0 Å². The monoisotopic (exact) mass is 211 g/mol. The van der Waals surface area contributed by atoms with Crippen LogP contribution in [0.25, 0.3) is 0 Å². The standard InChI is InChI=1S/C10H17N3O2/c1-8(2)5-13-10(11-7-12-13)4-9(14)6-15-3/h7-8H,4-6H2,1-3H3. The normalized spacial score (nSPS) is 10.9. The summed E-state index contributed by atoms with van der Waals surface area (Å²) in [5.74, 6) is 1.23. The highest BCUT2D eigenvalue weighted by Gasteiger charge is 2.10.